The summed E-state index contributed by atoms with van der Waals surface area (Å²) in [7, 11) is 0. The van der Waals surface area contributed by atoms with Gasteiger partial charge in [-0.05, 0) is 109 Å². The van der Waals surface area contributed by atoms with Crippen molar-refractivity contribution in [1.29, 1.82) is 0 Å². The van der Waals surface area contributed by atoms with Crippen LogP contribution in [0, 0.1) is 23.7 Å². The Morgan fingerprint density at radius 3 is 2.16 bits per heavy atom. The van der Waals surface area contributed by atoms with Gasteiger partial charge in [-0.2, -0.15) is 0 Å². The molecule has 43 heavy (non-hydrogen) atoms. The standard InChI is InChI=1S/C34H63N5O4/c1-5-39(24-25-9-7-6-8-10-25)19-20-42-30-17-15-29(16-18-30)38-33-36-21-28(22-37-33)26-11-13-27(14-12-26)32(41)35-23-31(40)43-34(2,3)4/h25-30,33,36-38H,5-24H2,1-4H3,(H,35,41). The first-order chi connectivity index (χ1) is 20.7. The smallest absolute Gasteiger partial charge is 0.325 e. The molecule has 0 unspecified atom stereocenters. The molecule has 0 aromatic heterocycles. The number of hydrogen-bond acceptors (Lipinski definition) is 8. The van der Waals surface area contributed by atoms with Crippen LogP contribution in [0.3, 0.4) is 0 Å². The third-order valence-corrected chi connectivity index (χ3v) is 10.3. The first-order valence-electron chi connectivity index (χ1n) is 17.7. The molecular formula is C34H63N5O4. The Kier molecular flexibility index (Phi) is 14.0. The van der Waals surface area contributed by atoms with E-state index in [9.17, 15) is 9.59 Å². The molecule has 4 fully saturated rings. The van der Waals surface area contributed by atoms with Gasteiger partial charge in [-0.3, -0.25) is 25.5 Å². The van der Waals surface area contributed by atoms with Crippen LogP contribution in [0.2, 0.25) is 0 Å². The van der Waals surface area contributed by atoms with Crippen molar-refractivity contribution < 1.29 is 19.1 Å². The van der Waals surface area contributed by atoms with Crippen molar-refractivity contribution in [1.82, 2.24) is 26.2 Å². The maximum atomic E-state index is 12.6. The Morgan fingerprint density at radius 2 is 1.53 bits per heavy atom. The zero-order chi connectivity index (χ0) is 30.7. The third-order valence-electron chi connectivity index (χ3n) is 10.3. The molecule has 1 amide bonds. The lowest BCUT2D eigenvalue weighted by Gasteiger charge is -2.40. The molecule has 3 aliphatic carbocycles. The van der Waals surface area contributed by atoms with Gasteiger partial charge in [0.25, 0.3) is 0 Å². The number of amides is 1. The average Bonchev–Trinajstić information content (AvgIpc) is 3.00. The van der Waals surface area contributed by atoms with Gasteiger partial charge in [-0.15, -0.1) is 0 Å². The van der Waals surface area contributed by atoms with E-state index in [1.54, 1.807) is 0 Å². The fourth-order valence-electron chi connectivity index (χ4n) is 7.76. The van der Waals surface area contributed by atoms with Gasteiger partial charge in [0.15, 0.2) is 0 Å². The van der Waals surface area contributed by atoms with E-state index >= 15 is 0 Å². The molecule has 0 atom stereocenters. The molecule has 0 spiro atoms. The predicted molar refractivity (Wildman–Crippen MR) is 171 cm³/mol. The number of nitrogens with zero attached hydrogens (tertiary/aromatic N) is 1. The summed E-state index contributed by atoms with van der Waals surface area (Å²) < 4.78 is 11.6. The first-order valence-corrected chi connectivity index (χ1v) is 17.7. The highest BCUT2D eigenvalue weighted by atomic mass is 16.6. The second-order valence-corrected chi connectivity index (χ2v) is 14.8. The lowest BCUT2D eigenvalue weighted by atomic mass is 9.75. The fraction of sp³-hybridized carbons (Fsp3) is 0.941. The van der Waals surface area contributed by atoms with Crippen molar-refractivity contribution >= 4 is 11.9 Å². The van der Waals surface area contributed by atoms with Crippen LogP contribution in [0.25, 0.3) is 0 Å². The molecule has 4 rings (SSSR count). The number of ether oxygens (including phenoxy) is 2. The Balaban J connectivity index is 1.04. The van der Waals surface area contributed by atoms with Crippen LogP contribution in [0.1, 0.15) is 111 Å². The van der Waals surface area contributed by atoms with Crippen LogP contribution >= 0.6 is 0 Å². The average molecular weight is 606 g/mol. The van der Waals surface area contributed by atoms with Crippen LogP contribution in [-0.4, -0.2) is 86.7 Å². The second-order valence-electron chi connectivity index (χ2n) is 14.8. The molecule has 1 saturated heterocycles. The van der Waals surface area contributed by atoms with E-state index in [0.29, 0.717) is 24.0 Å². The van der Waals surface area contributed by atoms with E-state index in [1.165, 1.54) is 51.5 Å². The van der Waals surface area contributed by atoms with Gasteiger partial charge in [-0.25, -0.2) is 0 Å². The molecule has 9 nitrogen and oxygen atoms in total. The molecule has 4 aliphatic rings. The normalized spacial score (nSPS) is 31.1. The van der Waals surface area contributed by atoms with Crippen LogP contribution in [0.15, 0.2) is 0 Å². The van der Waals surface area contributed by atoms with Gasteiger partial charge in [0.05, 0.1) is 12.7 Å². The van der Waals surface area contributed by atoms with Crippen molar-refractivity contribution in [3.63, 3.8) is 0 Å². The molecule has 248 valence electrons. The topological polar surface area (TPSA) is 104 Å². The number of nitrogens with one attached hydrogen (secondary N) is 4. The lowest BCUT2D eigenvalue weighted by molar-refractivity contribution is -0.154. The number of carbonyl (C=O) groups is 2. The summed E-state index contributed by atoms with van der Waals surface area (Å²) >= 11 is 0. The summed E-state index contributed by atoms with van der Waals surface area (Å²) in [5.74, 6) is 1.75. The zero-order valence-electron chi connectivity index (χ0n) is 27.8. The van der Waals surface area contributed by atoms with Crippen molar-refractivity contribution in [3.05, 3.63) is 0 Å². The molecule has 9 heteroatoms. The zero-order valence-corrected chi connectivity index (χ0v) is 27.8. The number of rotatable bonds is 13. The van der Waals surface area contributed by atoms with E-state index in [1.807, 2.05) is 20.8 Å². The summed E-state index contributed by atoms with van der Waals surface area (Å²) in [6.07, 6.45) is 16.3. The first kappa shape index (κ1) is 34.6. The van der Waals surface area contributed by atoms with Crippen LogP contribution in [0.4, 0.5) is 0 Å². The Bertz CT molecular complexity index is 821. The van der Waals surface area contributed by atoms with Crippen LogP contribution in [-0.2, 0) is 19.1 Å². The number of carbonyl (C=O) groups excluding carboxylic acids is 2. The Hall–Kier alpha value is -1.26. The maximum absolute atomic E-state index is 12.6. The monoisotopic (exact) mass is 605 g/mol. The third kappa shape index (κ3) is 12.2. The maximum Gasteiger partial charge on any atom is 0.325 e. The Morgan fingerprint density at radius 1 is 0.860 bits per heavy atom. The number of hydrogen-bond donors (Lipinski definition) is 4. The number of likely N-dealkylation sites (N-methyl/N-ethyl adjacent to an activating group) is 1. The van der Waals surface area contributed by atoms with Crippen LogP contribution < -0.4 is 21.3 Å². The fourth-order valence-corrected chi connectivity index (χ4v) is 7.76. The highest BCUT2D eigenvalue weighted by Gasteiger charge is 2.34. The van der Waals surface area contributed by atoms with Crippen molar-refractivity contribution in [2.24, 2.45) is 23.7 Å². The predicted octanol–water partition coefficient (Wildman–Crippen LogP) is 4.16. The van der Waals surface area contributed by atoms with Gasteiger partial charge in [0, 0.05) is 38.1 Å². The summed E-state index contributed by atoms with van der Waals surface area (Å²) in [4.78, 5) is 27.1. The summed E-state index contributed by atoms with van der Waals surface area (Å²) in [5.41, 5.74) is -0.533. The molecule has 4 N–H and O–H groups in total. The lowest BCUT2D eigenvalue weighted by Crippen LogP contribution is -2.63. The molecule has 1 aliphatic heterocycles. The van der Waals surface area contributed by atoms with Crippen molar-refractivity contribution in [3.8, 4) is 0 Å². The molecule has 0 bridgehead atoms. The van der Waals surface area contributed by atoms with Crippen molar-refractivity contribution in [2.45, 2.75) is 135 Å². The van der Waals surface area contributed by atoms with E-state index in [2.05, 4.69) is 33.1 Å². The van der Waals surface area contributed by atoms with E-state index in [-0.39, 0.29) is 30.6 Å². The van der Waals surface area contributed by atoms with Gasteiger partial charge in [-0.1, -0.05) is 26.2 Å². The highest BCUT2D eigenvalue weighted by Crippen LogP contribution is 2.34. The SMILES string of the molecule is CCN(CCOC1CCC(NC2NCC(C3CCC(C(=O)NCC(=O)OC(C)(C)C)CC3)CN2)CC1)CC1CCCCC1. The largest absolute Gasteiger partial charge is 0.459 e. The molecule has 0 aromatic carbocycles. The van der Waals surface area contributed by atoms with Crippen molar-refractivity contribution in [2.75, 3.05) is 45.9 Å². The summed E-state index contributed by atoms with van der Waals surface area (Å²) in [6.45, 7) is 14.1. The molecular weight excluding hydrogens is 542 g/mol. The quantitative estimate of drug-likeness (QED) is 0.232. The second kappa shape index (κ2) is 17.4. The van der Waals surface area contributed by atoms with E-state index in [0.717, 1.165) is 77.2 Å². The Labute approximate surface area is 261 Å². The van der Waals surface area contributed by atoms with E-state index in [4.69, 9.17) is 9.47 Å². The van der Waals surface area contributed by atoms with Gasteiger partial charge in [0.2, 0.25) is 5.91 Å². The summed E-state index contributed by atoms with van der Waals surface area (Å²) in [5, 5.41) is 14.0. The van der Waals surface area contributed by atoms with Gasteiger partial charge < -0.3 is 19.7 Å². The minimum Gasteiger partial charge on any atom is -0.459 e. The van der Waals surface area contributed by atoms with E-state index < -0.39 is 5.60 Å². The van der Waals surface area contributed by atoms with Gasteiger partial charge in [0.1, 0.15) is 18.4 Å². The molecule has 1 heterocycles. The highest BCUT2D eigenvalue weighted by molar-refractivity contribution is 5.83. The molecule has 3 saturated carbocycles. The van der Waals surface area contributed by atoms with Gasteiger partial charge >= 0.3 is 5.97 Å². The minimum atomic E-state index is -0.533. The van der Waals surface area contributed by atoms with Crippen LogP contribution in [0.5, 0.6) is 0 Å². The minimum absolute atomic E-state index is 0.00357. The summed E-state index contributed by atoms with van der Waals surface area (Å²) in [6, 6.07) is 0.537. The molecule has 0 aromatic rings. The number of esters is 1. The molecule has 0 radical (unpaired) electrons.